The smallest absolute Gasteiger partial charge is 0.157 e. The Balaban J connectivity index is 3.00. The molecular weight excluding hydrogens is 164 g/mol. The van der Waals surface area contributed by atoms with E-state index in [1.54, 1.807) is 13.8 Å². The highest BCUT2D eigenvalue weighted by molar-refractivity contribution is 7.93. The molecule has 66 valence electrons. The Morgan fingerprint density at radius 2 is 2.09 bits per heavy atom. The van der Waals surface area contributed by atoms with Gasteiger partial charge in [-0.2, -0.15) is 0 Å². The summed E-state index contributed by atoms with van der Waals surface area (Å²) in [4.78, 5) is 0. The third-order valence-corrected chi connectivity index (χ3v) is 5.18. The van der Waals surface area contributed by atoms with Crippen molar-refractivity contribution < 1.29 is 8.42 Å². The monoisotopic (exact) mass is 178 g/mol. The van der Waals surface area contributed by atoms with E-state index in [1.165, 1.54) is 0 Å². The molecule has 11 heavy (non-hydrogen) atoms. The van der Waals surface area contributed by atoms with E-state index in [0.29, 0.717) is 6.42 Å². The molecule has 0 aromatic heterocycles. The maximum Gasteiger partial charge on any atom is 0.157 e. The van der Waals surface area contributed by atoms with Crippen LogP contribution in [0.15, 0.2) is 0 Å². The lowest BCUT2D eigenvalue weighted by molar-refractivity contribution is 0.437. The second-order valence-corrected chi connectivity index (χ2v) is 6.12. The molecule has 1 saturated heterocycles. The zero-order chi connectivity index (χ0) is 8.70. The molecular formula is C6H14N2O2S. The Morgan fingerprint density at radius 1 is 1.55 bits per heavy atom. The average molecular weight is 178 g/mol. The summed E-state index contributed by atoms with van der Waals surface area (Å²) >= 11 is 0. The number of hydrogen-bond donors (Lipinski definition) is 2. The van der Waals surface area contributed by atoms with Gasteiger partial charge < -0.3 is 0 Å². The molecule has 0 bridgehead atoms. The lowest BCUT2D eigenvalue weighted by atomic mass is 10.0. The van der Waals surface area contributed by atoms with Crippen LogP contribution in [0.2, 0.25) is 0 Å². The number of hydrazine groups is 1. The van der Waals surface area contributed by atoms with E-state index >= 15 is 0 Å². The molecule has 0 spiro atoms. The van der Waals surface area contributed by atoms with Gasteiger partial charge in [-0.3, -0.25) is 11.3 Å². The van der Waals surface area contributed by atoms with Gasteiger partial charge in [-0.15, -0.1) is 0 Å². The number of hydrogen-bond acceptors (Lipinski definition) is 4. The number of sulfone groups is 1. The second-order valence-electron chi connectivity index (χ2n) is 3.43. The van der Waals surface area contributed by atoms with Crippen molar-refractivity contribution in [3.63, 3.8) is 0 Å². The van der Waals surface area contributed by atoms with Crippen LogP contribution in [0.3, 0.4) is 0 Å². The Bertz CT molecular complexity index is 245. The molecule has 0 saturated carbocycles. The van der Waals surface area contributed by atoms with Crippen molar-refractivity contribution >= 4 is 9.84 Å². The highest BCUT2D eigenvalue weighted by Crippen LogP contribution is 2.30. The average Bonchev–Trinajstić information content (AvgIpc) is 2.05. The van der Waals surface area contributed by atoms with Gasteiger partial charge in [0.05, 0.1) is 10.5 Å². The van der Waals surface area contributed by atoms with Gasteiger partial charge in [0, 0.05) is 6.04 Å². The predicted octanol–water partition coefficient (Wildman–Crippen LogP) is -0.585. The second kappa shape index (κ2) is 2.43. The van der Waals surface area contributed by atoms with Crippen molar-refractivity contribution in [2.45, 2.75) is 31.1 Å². The molecule has 1 unspecified atom stereocenters. The molecule has 1 aliphatic rings. The van der Waals surface area contributed by atoms with Crippen molar-refractivity contribution in [2.75, 3.05) is 5.75 Å². The quantitative estimate of drug-likeness (QED) is 0.416. The maximum absolute atomic E-state index is 11.4. The minimum atomic E-state index is -2.93. The molecule has 1 aliphatic heterocycles. The van der Waals surface area contributed by atoms with Gasteiger partial charge in [-0.1, -0.05) is 0 Å². The molecule has 3 N–H and O–H groups in total. The van der Waals surface area contributed by atoms with Crippen LogP contribution in [-0.4, -0.2) is 25.0 Å². The first-order chi connectivity index (χ1) is 4.92. The zero-order valence-corrected chi connectivity index (χ0v) is 7.61. The molecule has 1 rings (SSSR count). The van der Waals surface area contributed by atoms with Crippen LogP contribution in [0, 0.1) is 0 Å². The molecule has 0 amide bonds. The lowest BCUT2D eigenvalue weighted by Crippen LogP contribution is -2.48. The Morgan fingerprint density at radius 3 is 2.27 bits per heavy atom. The summed E-state index contributed by atoms with van der Waals surface area (Å²) in [7, 11) is -2.93. The SMILES string of the molecule is CC1(C)C(NN)CCS1(=O)=O. The van der Waals surface area contributed by atoms with Gasteiger partial charge >= 0.3 is 0 Å². The fourth-order valence-electron chi connectivity index (χ4n) is 1.38. The van der Waals surface area contributed by atoms with Crippen molar-refractivity contribution in [3.8, 4) is 0 Å². The number of rotatable bonds is 1. The molecule has 5 heteroatoms. The Kier molecular flexibility index (Phi) is 1.98. The van der Waals surface area contributed by atoms with Crippen LogP contribution < -0.4 is 11.3 Å². The summed E-state index contributed by atoms with van der Waals surface area (Å²) in [5.74, 6) is 5.46. The number of nitrogens with one attached hydrogen (secondary N) is 1. The Labute approximate surface area is 67.0 Å². The van der Waals surface area contributed by atoms with E-state index in [1.807, 2.05) is 0 Å². The van der Waals surface area contributed by atoms with E-state index in [9.17, 15) is 8.42 Å². The predicted molar refractivity (Wildman–Crippen MR) is 43.6 cm³/mol. The van der Waals surface area contributed by atoms with Crippen LogP contribution in [0.4, 0.5) is 0 Å². The lowest BCUT2D eigenvalue weighted by Gasteiger charge is -2.24. The third kappa shape index (κ3) is 1.17. The fraction of sp³-hybridized carbons (Fsp3) is 1.00. The normalized spacial score (nSPS) is 33.9. The van der Waals surface area contributed by atoms with Gasteiger partial charge in [-0.25, -0.2) is 8.42 Å². The van der Waals surface area contributed by atoms with E-state index < -0.39 is 14.6 Å². The van der Waals surface area contributed by atoms with Crippen LogP contribution in [0.5, 0.6) is 0 Å². The van der Waals surface area contributed by atoms with Crippen LogP contribution in [0.1, 0.15) is 20.3 Å². The summed E-state index contributed by atoms with van der Waals surface area (Å²) < 4.78 is 22.0. The van der Waals surface area contributed by atoms with Gasteiger partial charge in [0.25, 0.3) is 0 Å². The van der Waals surface area contributed by atoms with E-state index in [0.717, 1.165) is 0 Å². The van der Waals surface area contributed by atoms with Crippen LogP contribution in [0.25, 0.3) is 0 Å². The summed E-state index contributed by atoms with van der Waals surface area (Å²) in [5, 5.41) is 0. The first-order valence-corrected chi connectivity index (χ1v) is 5.25. The molecule has 0 aromatic carbocycles. The topological polar surface area (TPSA) is 72.2 Å². The van der Waals surface area contributed by atoms with Crippen LogP contribution >= 0.6 is 0 Å². The highest BCUT2D eigenvalue weighted by Gasteiger charge is 2.46. The van der Waals surface area contributed by atoms with Crippen molar-refractivity contribution in [2.24, 2.45) is 5.84 Å². The van der Waals surface area contributed by atoms with Crippen molar-refractivity contribution in [3.05, 3.63) is 0 Å². The molecule has 1 atom stereocenters. The summed E-state index contributed by atoms with van der Waals surface area (Å²) in [6, 6.07) is -0.104. The molecule has 0 radical (unpaired) electrons. The minimum Gasteiger partial charge on any atom is -0.271 e. The highest BCUT2D eigenvalue weighted by atomic mass is 32.2. The Hall–Kier alpha value is -0.130. The molecule has 4 nitrogen and oxygen atoms in total. The van der Waals surface area contributed by atoms with Gasteiger partial charge in [0.15, 0.2) is 9.84 Å². The number of nitrogens with two attached hydrogens (primary N) is 1. The third-order valence-electron chi connectivity index (χ3n) is 2.52. The van der Waals surface area contributed by atoms with Gasteiger partial charge in [0.1, 0.15) is 0 Å². The standard InChI is InChI=1S/C6H14N2O2S/c1-6(2)5(8-7)3-4-11(6,9)10/h5,8H,3-4,7H2,1-2H3. The van der Waals surface area contributed by atoms with E-state index in [4.69, 9.17) is 5.84 Å². The maximum atomic E-state index is 11.4. The summed E-state index contributed by atoms with van der Waals surface area (Å²) in [5.41, 5.74) is 2.53. The van der Waals surface area contributed by atoms with Gasteiger partial charge in [-0.05, 0) is 20.3 Å². The largest absolute Gasteiger partial charge is 0.271 e. The van der Waals surface area contributed by atoms with Crippen LogP contribution in [-0.2, 0) is 9.84 Å². The summed E-state index contributed by atoms with van der Waals surface area (Å²) in [6.07, 6.45) is 0.617. The first-order valence-electron chi connectivity index (χ1n) is 3.60. The minimum absolute atomic E-state index is 0.104. The fourth-order valence-corrected chi connectivity index (χ4v) is 3.08. The zero-order valence-electron chi connectivity index (χ0n) is 6.79. The molecule has 0 aliphatic carbocycles. The first kappa shape index (κ1) is 8.96. The molecule has 0 aromatic rings. The van der Waals surface area contributed by atoms with Crippen molar-refractivity contribution in [1.82, 2.24) is 5.43 Å². The van der Waals surface area contributed by atoms with Crippen molar-refractivity contribution in [1.29, 1.82) is 0 Å². The molecule has 1 fully saturated rings. The molecule has 1 heterocycles. The van der Waals surface area contributed by atoms with Gasteiger partial charge in [0.2, 0.25) is 0 Å². The van der Waals surface area contributed by atoms with E-state index in [-0.39, 0.29) is 11.8 Å². The summed E-state index contributed by atoms with van der Waals surface area (Å²) in [6.45, 7) is 3.42. The van der Waals surface area contributed by atoms with E-state index in [2.05, 4.69) is 5.43 Å².